The molecular formula is C37H23ClO13. The van der Waals surface area contributed by atoms with E-state index in [-0.39, 0.29) is 94.7 Å². The van der Waals surface area contributed by atoms with E-state index in [2.05, 4.69) is 0 Å². The van der Waals surface area contributed by atoms with Crippen molar-refractivity contribution in [1.29, 1.82) is 0 Å². The van der Waals surface area contributed by atoms with E-state index in [4.69, 9.17) is 34.6 Å². The highest BCUT2D eigenvalue weighted by Gasteiger charge is 2.31. The zero-order valence-electron chi connectivity index (χ0n) is 26.6. The van der Waals surface area contributed by atoms with Gasteiger partial charge in [0.2, 0.25) is 11.5 Å². The number of carbonyl (C=O) groups is 2. The van der Waals surface area contributed by atoms with Gasteiger partial charge in [0.25, 0.3) is 0 Å². The summed E-state index contributed by atoms with van der Waals surface area (Å²) in [7, 11) is 3.83. The quantitative estimate of drug-likeness (QED) is 0.124. The molecule has 0 spiro atoms. The molecule has 0 radical (unpaired) electrons. The van der Waals surface area contributed by atoms with Crippen LogP contribution in [0.15, 0.2) is 79.1 Å². The summed E-state index contributed by atoms with van der Waals surface area (Å²) in [6.45, 7) is 0. The van der Waals surface area contributed by atoms with Crippen LogP contribution in [0.1, 0.15) is 20.7 Å². The molecule has 2 heterocycles. The van der Waals surface area contributed by atoms with Gasteiger partial charge < -0.3 is 43.5 Å². The Morgan fingerprint density at radius 2 is 1.06 bits per heavy atom. The van der Waals surface area contributed by atoms with Crippen LogP contribution in [0.25, 0.3) is 66.8 Å². The highest BCUT2D eigenvalue weighted by Crippen LogP contribution is 2.52. The van der Waals surface area contributed by atoms with E-state index >= 15 is 0 Å². The van der Waals surface area contributed by atoms with E-state index in [1.165, 1.54) is 57.7 Å². The number of halogens is 1. The smallest absolute Gasteiger partial charge is 0.336 e. The van der Waals surface area contributed by atoms with Gasteiger partial charge in [-0.15, -0.1) is 0 Å². The lowest BCUT2D eigenvalue weighted by atomic mass is 9.84. The van der Waals surface area contributed by atoms with Crippen molar-refractivity contribution in [2.45, 2.75) is 0 Å². The van der Waals surface area contributed by atoms with Crippen LogP contribution in [0.5, 0.6) is 28.7 Å². The zero-order chi connectivity index (χ0) is 36.5. The molecule has 0 saturated carbocycles. The van der Waals surface area contributed by atoms with Crippen molar-refractivity contribution in [3.05, 3.63) is 97.3 Å². The average molecular weight is 711 g/mol. The molecule has 4 aliphatic rings. The van der Waals surface area contributed by atoms with Gasteiger partial charge in [0.05, 0.1) is 32.5 Å². The van der Waals surface area contributed by atoms with Crippen LogP contribution in [0.2, 0.25) is 5.02 Å². The van der Waals surface area contributed by atoms with E-state index in [9.17, 15) is 39.6 Å². The van der Waals surface area contributed by atoms with Crippen molar-refractivity contribution in [3.63, 3.8) is 0 Å². The predicted octanol–water partition coefficient (Wildman–Crippen LogP) is 6.93. The molecule has 256 valence electrons. The Bertz CT molecular complexity index is 2690. The fourth-order valence-electron chi connectivity index (χ4n) is 6.32. The van der Waals surface area contributed by atoms with Gasteiger partial charge >= 0.3 is 11.9 Å². The van der Waals surface area contributed by atoms with Crippen molar-refractivity contribution in [2.75, 3.05) is 21.3 Å². The Kier molecular flexibility index (Phi) is 7.72. The van der Waals surface area contributed by atoms with Crippen LogP contribution in [0.3, 0.4) is 0 Å². The third-order valence-corrected chi connectivity index (χ3v) is 8.89. The zero-order valence-corrected chi connectivity index (χ0v) is 27.4. The van der Waals surface area contributed by atoms with Crippen molar-refractivity contribution < 1.29 is 53.1 Å². The second-order valence-electron chi connectivity index (χ2n) is 11.3. The maximum absolute atomic E-state index is 13.2. The number of methoxy groups -OCH3 is 3. The number of aromatic carboxylic acids is 2. The van der Waals surface area contributed by atoms with Crippen molar-refractivity contribution in [3.8, 4) is 73.6 Å². The molecule has 3 aromatic carbocycles. The lowest BCUT2D eigenvalue weighted by molar-refractivity contribution is 0.0682. The fourth-order valence-corrected chi connectivity index (χ4v) is 6.56. The molecule has 2 aliphatic heterocycles. The van der Waals surface area contributed by atoms with Crippen LogP contribution in [-0.2, 0) is 0 Å². The van der Waals surface area contributed by atoms with Crippen LogP contribution >= 0.6 is 11.6 Å². The number of fused-ring (bicyclic) bond motifs is 4. The number of benzene rings is 5. The summed E-state index contributed by atoms with van der Waals surface area (Å²) < 4.78 is 28.1. The largest absolute Gasteiger partial charge is 0.503 e. The first kappa shape index (κ1) is 32.8. The summed E-state index contributed by atoms with van der Waals surface area (Å²) in [4.78, 5) is 51.3. The highest BCUT2D eigenvalue weighted by atomic mass is 35.5. The molecular weight excluding hydrogens is 688 g/mol. The normalized spacial score (nSPS) is 11.4. The number of hydrogen-bond acceptors (Lipinski definition) is 11. The third kappa shape index (κ3) is 5.01. The van der Waals surface area contributed by atoms with Gasteiger partial charge in [-0.05, 0) is 59.7 Å². The maximum atomic E-state index is 13.2. The first-order valence-electron chi connectivity index (χ1n) is 14.8. The van der Waals surface area contributed by atoms with Crippen LogP contribution in [0, 0.1) is 0 Å². The minimum atomic E-state index is -1.47. The number of phenols is 2. The predicted molar refractivity (Wildman–Crippen MR) is 185 cm³/mol. The number of carboxylic acid groups (broad SMARTS) is 2. The van der Waals surface area contributed by atoms with Crippen molar-refractivity contribution >= 4 is 45.5 Å². The molecule has 0 aromatic heterocycles. The molecule has 3 aromatic rings. The molecule has 0 bridgehead atoms. The lowest BCUT2D eigenvalue weighted by Gasteiger charge is -2.22. The van der Waals surface area contributed by atoms with Gasteiger partial charge in [0.1, 0.15) is 16.5 Å². The summed E-state index contributed by atoms with van der Waals surface area (Å²) in [6, 6.07) is 12.6. The van der Waals surface area contributed by atoms with Gasteiger partial charge in [-0.3, -0.25) is 9.59 Å². The summed E-state index contributed by atoms with van der Waals surface area (Å²) in [6.07, 6.45) is 0. The Hall–Kier alpha value is -6.73. The van der Waals surface area contributed by atoms with Crippen LogP contribution in [-0.4, -0.2) is 53.7 Å². The Morgan fingerprint density at radius 1 is 0.608 bits per heavy atom. The second kappa shape index (κ2) is 12.0. The van der Waals surface area contributed by atoms with E-state index in [1.54, 1.807) is 0 Å². The van der Waals surface area contributed by atoms with E-state index < -0.39 is 39.9 Å². The van der Waals surface area contributed by atoms with Gasteiger partial charge in [-0.25, -0.2) is 9.59 Å². The molecule has 4 N–H and O–H groups in total. The summed E-state index contributed by atoms with van der Waals surface area (Å²) in [5.41, 5.74) is -1.41. The second-order valence-corrected chi connectivity index (χ2v) is 11.7. The third-order valence-electron chi connectivity index (χ3n) is 8.54. The summed E-state index contributed by atoms with van der Waals surface area (Å²) >= 11 is 6.50. The lowest BCUT2D eigenvalue weighted by Crippen LogP contribution is -2.09. The molecule has 0 amide bonds. The standard InChI is InChI=1S/C37H23ClO13/c1-47-26-12-22-28(16-6-4-14(39)8-24(16)50-33(22)30(38)31(26)41)18-10-21(37(45)46)19(11-20(18)36(43)44)29-17-7-5-15(40)9-25(17)51-34-23(29)13-27(48-2)32(42)35(34)49-3/h4-13,41-42H,1-3H3,(H,43,44)(H,45,46). The summed E-state index contributed by atoms with van der Waals surface area (Å²) in [5, 5.41) is 43.0. The SMILES string of the molecule is COc1cc2c(-c3cc(C(=O)O)c(-c4c5ccc(=O)cc-5oc5c(OC)c(O)c(OC)cc45)cc3C(=O)O)c3ccc(=O)cc-3oc2c(Cl)c1O. The number of carboxylic acids is 2. The van der Waals surface area contributed by atoms with Crippen LogP contribution in [0.4, 0.5) is 0 Å². The van der Waals surface area contributed by atoms with Crippen molar-refractivity contribution in [2.24, 2.45) is 0 Å². The molecule has 7 rings (SSSR count). The minimum Gasteiger partial charge on any atom is -0.503 e. The van der Waals surface area contributed by atoms with Gasteiger partial charge in [0, 0.05) is 45.2 Å². The molecule has 51 heavy (non-hydrogen) atoms. The first-order chi connectivity index (χ1) is 24.4. The van der Waals surface area contributed by atoms with Gasteiger partial charge in [0.15, 0.2) is 39.3 Å². The Morgan fingerprint density at radius 3 is 1.51 bits per heavy atom. The number of hydrogen-bond donors (Lipinski definition) is 4. The molecule has 0 atom stereocenters. The Labute approximate surface area is 290 Å². The van der Waals surface area contributed by atoms with E-state index in [0.717, 1.165) is 24.3 Å². The first-order valence-corrected chi connectivity index (χ1v) is 15.2. The average Bonchev–Trinajstić information content (AvgIpc) is 3.10. The van der Waals surface area contributed by atoms with Gasteiger partial charge in [-0.1, -0.05) is 11.6 Å². The van der Waals surface area contributed by atoms with Crippen molar-refractivity contribution in [1.82, 2.24) is 0 Å². The molecule has 13 nitrogen and oxygen atoms in total. The summed E-state index contributed by atoms with van der Waals surface area (Å²) in [5.74, 6) is -4.23. The number of ether oxygens (including phenoxy) is 3. The van der Waals surface area contributed by atoms with Gasteiger partial charge in [-0.2, -0.15) is 0 Å². The Balaban J connectivity index is 1.69. The molecule has 14 heteroatoms. The molecule has 0 unspecified atom stereocenters. The topological polar surface area (TPSA) is 203 Å². The van der Waals surface area contributed by atoms with E-state index in [1.807, 2.05) is 0 Å². The number of rotatable bonds is 7. The fraction of sp³-hybridized carbons (Fsp3) is 0.0811. The molecule has 2 aliphatic carbocycles. The minimum absolute atomic E-state index is 0.0122. The molecule has 0 saturated heterocycles. The maximum Gasteiger partial charge on any atom is 0.336 e. The molecule has 0 fully saturated rings. The van der Waals surface area contributed by atoms with E-state index in [0.29, 0.717) is 0 Å². The number of phenolic OH excluding ortho intramolecular Hbond substituents is 2. The number of aromatic hydroxyl groups is 2. The van der Waals surface area contributed by atoms with Crippen LogP contribution < -0.4 is 25.1 Å². The highest BCUT2D eigenvalue weighted by molar-refractivity contribution is 6.37. The monoisotopic (exact) mass is 710 g/mol.